The Balaban J connectivity index is 3.43. The van der Waals surface area contributed by atoms with Gasteiger partial charge in [-0.25, -0.2) is 8.42 Å². The van der Waals surface area contributed by atoms with Gasteiger partial charge in [0.1, 0.15) is 9.49 Å². The van der Waals surface area contributed by atoms with Crippen molar-refractivity contribution in [3.8, 4) is 0 Å². The van der Waals surface area contributed by atoms with Gasteiger partial charge in [0, 0.05) is 13.1 Å². The van der Waals surface area contributed by atoms with Crippen molar-refractivity contribution in [1.29, 1.82) is 0 Å². The highest BCUT2D eigenvalue weighted by Crippen LogP contribution is 2.43. The molecule has 1 aliphatic rings. The van der Waals surface area contributed by atoms with Gasteiger partial charge in [0.25, 0.3) is 10.1 Å². The molecule has 0 bridgehead atoms. The van der Waals surface area contributed by atoms with Gasteiger partial charge in [0.05, 0.1) is 13.2 Å². The molecule has 0 aromatic rings. The van der Waals surface area contributed by atoms with Crippen molar-refractivity contribution in [1.82, 2.24) is 4.31 Å². The molecule has 7 nitrogen and oxygen atoms in total. The van der Waals surface area contributed by atoms with Gasteiger partial charge in [-0.15, -0.1) is 0 Å². The van der Waals surface area contributed by atoms with E-state index in [4.69, 9.17) is 4.74 Å². The number of nitrogens with zero attached hydrogens (tertiary/aromatic N) is 1. The van der Waals surface area contributed by atoms with Gasteiger partial charge in [-0.2, -0.15) is 12.7 Å². The summed E-state index contributed by atoms with van der Waals surface area (Å²) in [4.78, 5) is 0. The van der Waals surface area contributed by atoms with Gasteiger partial charge in [-0.3, -0.25) is 4.55 Å². The van der Waals surface area contributed by atoms with Crippen LogP contribution in [-0.2, 0) is 24.9 Å². The molecule has 1 rings (SSSR count). The summed E-state index contributed by atoms with van der Waals surface area (Å²) in [5, 5.41) is 0. The fourth-order valence-corrected chi connectivity index (χ4v) is 6.67. The maximum atomic E-state index is 13.0. The molecule has 21 heavy (non-hydrogen) atoms. The minimum Gasteiger partial charge on any atom is -0.379 e. The van der Waals surface area contributed by atoms with Gasteiger partial charge in [0.15, 0.2) is 0 Å². The van der Waals surface area contributed by atoms with Gasteiger partial charge in [-0.1, -0.05) is 13.8 Å². The predicted molar refractivity (Wildman–Crippen MR) is 80.3 cm³/mol. The molecular weight excluding hydrogens is 318 g/mol. The molecule has 1 saturated heterocycles. The minimum absolute atomic E-state index is 0.000255. The number of sulfonamides is 1. The van der Waals surface area contributed by atoms with Crippen LogP contribution in [0.2, 0.25) is 0 Å². The molecule has 126 valence electrons. The van der Waals surface area contributed by atoms with E-state index < -0.39 is 29.6 Å². The number of ether oxygens (including phenoxy) is 1. The smallest absolute Gasteiger partial charge is 0.272 e. The van der Waals surface area contributed by atoms with Crippen LogP contribution in [0.5, 0.6) is 0 Å². The van der Waals surface area contributed by atoms with Crippen LogP contribution in [0.25, 0.3) is 0 Å². The van der Waals surface area contributed by atoms with Crippen molar-refractivity contribution in [2.75, 3.05) is 26.3 Å². The Morgan fingerprint density at radius 2 is 1.43 bits per heavy atom. The molecule has 1 aliphatic heterocycles. The second kappa shape index (κ2) is 6.11. The first-order valence-electron chi connectivity index (χ1n) is 7.02. The molecule has 0 aliphatic carbocycles. The van der Waals surface area contributed by atoms with Crippen LogP contribution >= 0.6 is 0 Å². The van der Waals surface area contributed by atoms with E-state index in [1.54, 1.807) is 13.8 Å². The zero-order valence-electron chi connectivity index (χ0n) is 13.0. The second-order valence-corrected chi connectivity index (χ2v) is 9.88. The first kappa shape index (κ1) is 18.8. The molecule has 0 saturated carbocycles. The number of morpholine rings is 1. The van der Waals surface area contributed by atoms with Crippen molar-refractivity contribution in [3.05, 3.63) is 0 Å². The minimum atomic E-state index is -4.54. The first-order chi connectivity index (χ1) is 9.48. The molecule has 1 N–H and O–H groups in total. The Morgan fingerprint density at radius 1 is 1.00 bits per heavy atom. The van der Waals surface area contributed by atoms with Crippen LogP contribution in [0.4, 0.5) is 0 Å². The maximum Gasteiger partial charge on any atom is 0.272 e. The van der Waals surface area contributed by atoms with Crippen LogP contribution in [0.3, 0.4) is 0 Å². The normalized spacial score (nSPS) is 24.2. The Hall–Kier alpha value is -0.220. The zero-order chi connectivity index (χ0) is 16.5. The van der Waals surface area contributed by atoms with E-state index in [0.717, 1.165) is 0 Å². The molecule has 0 spiro atoms. The fraction of sp³-hybridized carbons (Fsp3) is 1.00. The Morgan fingerprint density at radius 3 is 1.76 bits per heavy atom. The molecule has 1 fully saturated rings. The average Bonchev–Trinajstić information content (AvgIpc) is 2.44. The van der Waals surface area contributed by atoms with Crippen LogP contribution in [0.15, 0.2) is 0 Å². The van der Waals surface area contributed by atoms with Crippen molar-refractivity contribution >= 4 is 20.1 Å². The molecule has 2 atom stereocenters. The number of hydrogen-bond donors (Lipinski definition) is 1. The third-order valence-electron chi connectivity index (χ3n) is 4.92. The van der Waals surface area contributed by atoms with E-state index in [0.29, 0.717) is 0 Å². The second-order valence-electron chi connectivity index (χ2n) is 5.66. The van der Waals surface area contributed by atoms with E-state index in [9.17, 15) is 21.4 Å². The standard InChI is InChI=1S/C12H25NO6S2/c1-5-11(3,12(4,6-2)21(16,17)18)20(14,15)13-7-9-19-10-8-13/h5-10H2,1-4H3,(H,16,17,18)/t11-,12?/m0/s1. The van der Waals surface area contributed by atoms with Crippen LogP contribution in [0.1, 0.15) is 40.5 Å². The predicted octanol–water partition coefficient (Wildman–Crippen LogP) is 0.874. The summed E-state index contributed by atoms with van der Waals surface area (Å²) in [5.41, 5.74) is 0. The maximum absolute atomic E-state index is 13.0. The SMILES string of the molecule is CCC(C)([C@](C)(CC)S(=O)(=O)N1CCOCC1)S(=O)(=O)O. The lowest BCUT2D eigenvalue weighted by atomic mass is 9.89. The summed E-state index contributed by atoms with van der Waals surface area (Å²) in [6.07, 6.45) is 0.0799. The lowest BCUT2D eigenvalue weighted by Gasteiger charge is -2.45. The third kappa shape index (κ3) is 2.86. The number of hydrogen-bond acceptors (Lipinski definition) is 5. The molecule has 1 unspecified atom stereocenters. The highest BCUT2D eigenvalue weighted by molar-refractivity contribution is 7.93. The van der Waals surface area contributed by atoms with Crippen molar-refractivity contribution in [2.45, 2.75) is 50.0 Å². The summed E-state index contributed by atoms with van der Waals surface area (Å²) in [6.45, 7) is 6.85. The van der Waals surface area contributed by atoms with E-state index in [2.05, 4.69) is 0 Å². The summed E-state index contributed by atoms with van der Waals surface area (Å²) in [6, 6.07) is 0. The Labute approximate surface area is 127 Å². The summed E-state index contributed by atoms with van der Waals surface area (Å²) >= 11 is 0. The van der Waals surface area contributed by atoms with E-state index in [1.807, 2.05) is 0 Å². The monoisotopic (exact) mass is 343 g/mol. The summed E-state index contributed by atoms with van der Waals surface area (Å²) < 4.78 is 62.4. The molecule has 0 aromatic heterocycles. The lowest BCUT2D eigenvalue weighted by molar-refractivity contribution is 0.0713. The highest BCUT2D eigenvalue weighted by atomic mass is 32.2. The highest BCUT2D eigenvalue weighted by Gasteiger charge is 2.60. The molecular formula is C12H25NO6S2. The van der Waals surface area contributed by atoms with Crippen molar-refractivity contribution < 1.29 is 26.1 Å². The average molecular weight is 343 g/mol. The third-order valence-corrected chi connectivity index (χ3v) is 9.85. The lowest BCUT2D eigenvalue weighted by Crippen LogP contribution is -2.63. The first-order valence-corrected chi connectivity index (χ1v) is 9.90. The fourth-order valence-electron chi connectivity index (χ4n) is 2.73. The van der Waals surface area contributed by atoms with E-state index in [1.165, 1.54) is 18.2 Å². The van der Waals surface area contributed by atoms with Crippen LogP contribution in [0, 0.1) is 0 Å². The molecule has 0 amide bonds. The summed E-state index contributed by atoms with van der Waals surface area (Å²) in [5.74, 6) is 0. The number of rotatable bonds is 6. The molecule has 0 aromatic carbocycles. The Kier molecular flexibility index (Phi) is 5.48. The Bertz CT molecular complexity index is 567. The van der Waals surface area contributed by atoms with E-state index in [-0.39, 0.29) is 39.1 Å². The molecule has 1 heterocycles. The van der Waals surface area contributed by atoms with Gasteiger partial charge in [0.2, 0.25) is 10.0 Å². The summed E-state index contributed by atoms with van der Waals surface area (Å²) in [7, 11) is -8.46. The van der Waals surface area contributed by atoms with Crippen LogP contribution in [-0.4, -0.2) is 61.5 Å². The molecule has 0 radical (unpaired) electrons. The quantitative estimate of drug-likeness (QED) is 0.718. The van der Waals surface area contributed by atoms with Gasteiger partial charge >= 0.3 is 0 Å². The van der Waals surface area contributed by atoms with Crippen LogP contribution < -0.4 is 0 Å². The van der Waals surface area contributed by atoms with Crippen molar-refractivity contribution in [3.63, 3.8) is 0 Å². The topological polar surface area (TPSA) is 101 Å². The van der Waals surface area contributed by atoms with E-state index >= 15 is 0 Å². The largest absolute Gasteiger partial charge is 0.379 e. The van der Waals surface area contributed by atoms with Gasteiger partial charge < -0.3 is 4.74 Å². The zero-order valence-corrected chi connectivity index (χ0v) is 14.6. The van der Waals surface area contributed by atoms with Crippen molar-refractivity contribution in [2.24, 2.45) is 0 Å². The van der Waals surface area contributed by atoms with Gasteiger partial charge in [-0.05, 0) is 26.7 Å². The molecule has 9 heteroatoms.